The van der Waals surface area contributed by atoms with Crippen LogP contribution in [0.1, 0.15) is 260 Å². The molecular weight excluding hydrogens is 1900 g/mol. The monoisotopic (exact) mass is 2010 g/mol. The van der Waals surface area contributed by atoms with E-state index in [4.69, 9.17) is 47.2 Å². The summed E-state index contributed by atoms with van der Waals surface area (Å²) >= 11 is 7.93. The fourth-order valence-corrected chi connectivity index (χ4v) is 11.8. The largest absolute Gasteiger partial charge is 0.667 e. The second-order valence-corrected chi connectivity index (χ2v) is 29.6. The van der Waals surface area contributed by atoms with Crippen molar-refractivity contribution >= 4 is 117 Å². The van der Waals surface area contributed by atoms with Gasteiger partial charge in [-0.05, 0) is 97.7 Å². The van der Waals surface area contributed by atoms with E-state index in [1.165, 1.54) is 27.6 Å². The molecule has 4 N–H and O–H groups in total. The van der Waals surface area contributed by atoms with Crippen LogP contribution in [0, 0.1) is 47.3 Å². The van der Waals surface area contributed by atoms with Crippen LogP contribution >= 0.6 is 58.0 Å². The van der Waals surface area contributed by atoms with Crippen LogP contribution in [0.15, 0.2) is 54.1 Å². The van der Waals surface area contributed by atoms with Gasteiger partial charge in [-0.15, -0.1) is 63.5 Å². The molecule has 1 unspecified atom stereocenters. The number of carboxylic acid groups (broad SMARTS) is 1. The summed E-state index contributed by atoms with van der Waals surface area (Å²) < 4.78 is 14.6. The van der Waals surface area contributed by atoms with Gasteiger partial charge in [0.15, 0.2) is 38.6 Å². The Morgan fingerprint density at radius 3 is 1.07 bits per heavy atom. The van der Waals surface area contributed by atoms with Crippen LogP contribution < -0.4 is 0 Å². The summed E-state index contributed by atoms with van der Waals surface area (Å²) in [5.41, 5.74) is 41.3. The molecule has 0 spiro atoms. The van der Waals surface area contributed by atoms with Crippen molar-refractivity contribution in [3.8, 4) is 0 Å². The van der Waals surface area contributed by atoms with Crippen LogP contribution in [0.2, 0.25) is 0 Å². The zero-order valence-electron chi connectivity index (χ0n) is 69.4. The molecule has 0 bridgehead atoms. The first-order valence-corrected chi connectivity index (χ1v) is 40.6. The Labute approximate surface area is 800 Å². The topological polar surface area (TPSA) is 572 Å². The maximum atomic E-state index is 12.6. The third-order valence-corrected chi connectivity index (χ3v) is 20.0. The number of ketones is 2. The van der Waals surface area contributed by atoms with Crippen molar-refractivity contribution < 1.29 is 208 Å². The first-order chi connectivity index (χ1) is 52.9. The number of rotatable bonds is 41. The Kier molecular flexibility index (Phi) is 72.5. The molecule has 0 aromatic carbocycles. The van der Waals surface area contributed by atoms with E-state index in [9.17, 15) is 58.2 Å². The van der Waals surface area contributed by atoms with Crippen molar-refractivity contribution in [1.29, 1.82) is 0 Å². The molecule has 4 aromatic rings. The number of carbonyl (C=O) groups excluding carboxylic acids is 9. The van der Waals surface area contributed by atoms with Crippen molar-refractivity contribution in [2.24, 2.45) is 67.8 Å². The second kappa shape index (κ2) is 68.9. The molecule has 634 valence electrons. The number of carboxylic acids is 1. The number of aliphatic hydroxyl groups is 2. The molecule has 36 nitrogen and oxygen atoms in total. The molecule has 0 aliphatic carbocycles. The van der Waals surface area contributed by atoms with Gasteiger partial charge in [0.1, 0.15) is 22.2 Å². The Balaban J connectivity index is -0.000000330. The zero-order valence-corrected chi connectivity index (χ0v) is 84.9. The van der Waals surface area contributed by atoms with Gasteiger partial charge in [-0.2, -0.15) is 12.6 Å². The first-order valence-electron chi connectivity index (χ1n) is 36.2. The molecule has 4 amide bonds. The molecular formula is C71H108N20O16S5Y4-4. The Hall–Kier alpha value is -4.71. The minimum atomic E-state index is -1.16. The molecule has 45 heteroatoms. The Morgan fingerprint density at radius 1 is 0.474 bits per heavy atom. The van der Waals surface area contributed by atoms with Crippen LogP contribution in [0.4, 0.5) is 0 Å². The van der Waals surface area contributed by atoms with E-state index >= 15 is 0 Å². The van der Waals surface area contributed by atoms with E-state index < -0.39 is 102 Å². The number of allylic oxidation sites excluding steroid dienone is 2. The van der Waals surface area contributed by atoms with E-state index in [2.05, 4.69) is 88.6 Å². The van der Waals surface area contributed by atoms with Crippen molar-refractivity contribution in [1.82, 2.24) is 19.9 Å². The molecule has 4 radical (unpaired) electrons. The molecule has 4 rings (SSSR count). The fourth-order valence-electron chi connectivity index (χ4n) is 8.81. The summed E-state index contributed by atoms with van der Waals surface area (Å²) in [7, 11) is 0. The van der Waals surface area contributed by atoms with Crippen LogP contribution in [-0.4, -0.2) is 163 Å². The fraction of sp³-hybridized carbons (Fsp3) is 0.662. The van der Waals surface area contributed by atoms with Crippen LogP contribution in [0.5, 0.6) is 0 Å². The van der Waals surface area contributed by atoms with Crippen LogP contribution in [0.25, 0.3) is 63.5 Å². The van der Waals surface area contributed by atoms with Crippen molar-refractivity contribution in [2.75, 3.05) is 26.1 Å². The van der Waals surface area contributed by atoms with Gasteiger partial charge in [0, 0.05) is 178 Å². The predicted octanol–water partition coefficient (Wildman–Crippen LogP) is 18.4. The molecule has 0 fully saturated rings. The third-order valence-electron chi connectivity index (χ3n) is 16.4. The van der Waals surface area contributed by atoms with Gasteiger partial charge in [0.05, 0.1) is 67.6 Å². The molecule has 0 aliphatic heterocycles. The predicted molar refractivity (Wildman–Crippen MR) is 434 cm³/mol. The molecule has 0 aliphatic rings. The third kappa shape index (κ3) is 46.9. The van der Waals surface area contributed by atoms with Crippen molar-refractivity contribution in [2.45, 2.75) is 231 Å². The van der Waals surface area contributed by atoms with Crippen LogP contribution in [0.3, 0.4) is 0 Å². The summed E-state index contributed by atoms with van der Waals surface area (Å²) in [6.45, 7) is 35.9. The number of amides is 4. The van der Waals surface area contributed by atoms with Gasteiger partial charge >= 0.3 is 23.9 Å². The number of thiol groups is 1. The van der Waals surface area contributed by atoms with Crippen molar-refractivity contribution in [3.05, 3.63) is 140 Å². The maximum Gasteiger partial charge on any atom is 0.357 e. The summed E-state index contributed by atoms with van der Waals surface area (Å²) in [4.78, 5) is 145. The molecule has 4 aromatic heterocycles. The smallest absolute Gasteiger partial charge is 0.357 e. The van der Waals surface area contributed by atoms with E-state index in [-0.39, 0.29) is 249 Å². The van der Waals surface area contributed by atoms with E-state index in [1.54, 1.807) is 40.0 Å². The zero-order chi connectivity index (χ0) is 86.1. The summed E-state index contributed by atoms with van der Waals surface area (Å²) in [6, 6.07) is -4.99. The molecule has 116 heavy (non-hydrogen) atoms. The first kappa shape index (κ1) is 122. The molecule has 13 atom stereocenters. The summed E-state index contributed by atoms with van der Waals surface area (Å²) in [5, 5.41) is 63.3. The number of thiazole rings is 4. The minimum absolute atomic E-state index is 0. The van der Waals surface area contributed by atoms with Gasteiger partial charge in [-0.25, -0.2) is 39.1 Å². The maximum absolute atomic E-state index is 12.6. The molecule has 4 heterocycles. The SMILES string of the molecule is CCOC(=O)c1csc(C(=O)/C=C/C(C)C)n1.CCOC(=O)c1csc(C(=O)CC([N-]C(=O)[C@@H](N=[N+]=[N-])[C@@H](C)CC)C(C)C)n1.CCOC(=O)c1csc([C@H](O)C[C@@H]([N-]C(=O)[C@@H](N=[N+]=[N-])[C@@H](C)CC)C(C)C)n1.CC[C@H](C)[C@H](N=[N+]=[N-])C(=O)[N-][C@H](C[C@@H](O)c1nc(C(=O)O)cs1)C(C)C.CC[C@H](C)[C@H](N=[N+]=[N-])C([NH-])=O.CS.[Y].[Y].[Y].[Y]. The Bertz CT molecular complexity index is 3840. The number of ether oxygens (including phenoxy) is 3. The molecule has 0 saturated carbocycles. The number of aromatic nitrogens is 4. The standard InChI is InChI=1S/C18H29N5O4S.C18H27N5O4S.C16H25N5O4S.C12H15NO3S.C6H12N4O.CH4S.4Y/c2*1-6-11(5)15(22-23-19)16(25)20-12(10(3)4)8-14(24)17-21-13(9-28-17)18(26)27-7-2;1-5-9(4)13(20-21-17)14(23)18-10(8(2)3)6-12(22)15-19-11(7-26-15)16(24)25;1-4-16-12(15)9-7-17-11(13-9)10(14)6-5-8(2)3;1-3-4(2)5(6(7)11)9-10-8;1-2;;;;/h9-12,14-15,24H,6-8H2,1-5H3,(H,20,25);9-12,15H,6-8H2,1-5H3,(H,20,25);7-10,12-13,22H,5-6H2,1-4H3,(H2,18,23,24,25);5-8H,4H2,1-3H3;4-5H,3H2,1-2H3,(H2,7,11);2H,1H3;;;;/p-4/b;;;6-5+;;;;;;/t11-,12+,14+,15-;11-,12?,15-;9-,10+,12+,13-;;4-,5-;;;;;/m000.0...../s1. The van der Waals surface area contributed by atoms with Gasteiger partial charge in [-0.3, -0.25) is 9.59 Å². The summed E-state index contributed by atoms with van der Waals surface area (Å²) in [5.74, 6) is -5.88. The van der Waals surface area contributed by atoms with E-state index in [0.717, 1.165) is 51.8 Å². The van der Waals surface area contributed by atoms with Gasteiger partial charge in [0.2, 0.25) is 5.78 Å². The van der Waals surface area contributed by atoms with E-state index in [0.29, 0.717) is 41.8 Å². The second-order valence-electron chi connectivity index (χ2n) is 26.1. The van der Waals surface area contributed by atoms with Gasteiger partial charge in [-0.1, -0.05) is 181 Å². The Morgan fingerprint density at radius 2 is 0.767 bits per heavy atom. The quantitative estimate of drug-likeness (QED) is 0.00468. The number of azide groups is 4. The number of aliphatic hydroxyl groups excluding tert-OH is 2. The number of hydrogen-bond donors (Lipinski definition) is 4. The number of aromatic carboxylic acids is 1. The van der Waals surface area contributed by atoms with E-state index in [1.807, 2.05) is 104 Å². The van der Waals surface area contributed by atoms with Gasteiger partial charge < -0.3 is 70.4 Å². The molecule has 0 saturated heterocycles. The number of carbonyl (C=O) groups is 10. The average Bonchev–Trinajstić information content (AvgIpc) is 1.68. The summed E-state index contributed by atoms with van der Waals surface area (Å²) in [6.07, 6.45) is 5.97. The van der Waals surface area contributed by atoms with Gasteiger partial charge in [0.25, 0.3) is 0 Å². The normalized spacial score (nSPS) is 13.6. The number of Topliss-reactive ketones (excluding diaryl/α,β-unsaturated/α-hetero) is 1. The number of hydrogen-bond acceptors (Lipinski definition) is 28. The average molecular weight is 2010 g/mol. The van der Waals surface area contributed by atoms with Crippen LogP contribution in [-0.2, 0) is 164 Å². The minimum Gasteiger partial charge on any atom is -0.667 e. The number of nitrogens with zero attached hydrogens (tertiary/aromatic N) is 19. The number of nitrogens with one attached hydrogen (secondary N) is 1. The number of esters is 3. The van der Waals surface area contributed by atoms with Crippen molar-refractivity contribution in [3.63, 3.8) is 0 Å².